The summed E-state index contributed by atoms with van der Waals surface area (Å²) in [4.78, 5) is 10.5. The molecule has 0 aromatic heterocycles. The van der Waals surface area contributed by atoms with Crippen LogP contribution in [0, 0.1) is 0 Å². The third-order valence-electron chi connectivity index (χ3n) is 2.06. The zero-order chi connectivity index (χ0) is 9.94. The largest absolute Gasteiger partial charge is 0.306 e. The molecule has 0 saturated heterocycles. The molecule has 0 N–H and O–H groups in total. The van der Waals surface area contributed by atoms with Gasteiger partial charge in [0, 0.05) is 6.42 Å². The van der Waals surface area contributed by atoms with Gasteiger partial charge in [0.05, 0.1) is 0 Å². The van der Waals surface area contributed by atoms with Crippen molar-refractivity contribution >= 4 is 15.6 Å². The third kappa shape index (κ3) is 11.6. The van der Waals surface area contributed by atoms with E-state index in [0.29, 0.717) is 6.42 Å². The van der Waals surface area contributed by atoms with E-state index in [9.17, 15) is 4.79 Å². The highest BCUT2D eigenvalue weighted by atomic mass is 28.1. The highest BCUT2D eigenvalue weighted by molar-refractivity contribution is 6.57. The molecule has 0 atom stereocenters. The van der Waals surface area contributed by atoms with Gasteiger partial charge in [-0.1, -0.05) is 31.8 Å². The average Bonchev–Trinajstić information content (AvgIpc) is 2.09. The first-order valence-electron chi connectivity index (χ1n) is 5.12. The minimum absolute atomic E-state index is 0.131. The summed E-state index contributed by atoms with van der Waals surface area (Å²) in [6.07, 6.45) is 11.1. The zero-order valence-corrected chi connectivity index (χ0v) is 9.35. The lowest BCUT2D eigenvalue weighted by atomic mass is 10.1. The van der Waals surface area contributed by atoms with Gasteiger partial charge in [-0.25, -0.2) is 0 Å². The van der Waals surface area contributed by atoms with E-state index in [1.807, 2.05) is 6.08 Å². The first-order chi connectivity index (χ1) is 6.27. The summed E-state index contributed by atoms with van der Waals surface area (Å²) in [5.41, 5.74) is 0. The minimum Gasteiger partial charge on any atom is -0.306 e. The van der Waals surface area contributed by atoms with Gasteiger partial charge in [0.1, 0.15) is 15.6 Å². The van der Waals surface area contributed by atoms with Gasteiger partial charge in [-0.15, -0.1) is 6.58 Å². The lowest BCUT2D eigenvalue weighted by Crippen LogP contribution is -1.94. The van der Waals surface area contributed by atoms with Gasteiger partial charge in [-0.3, -0.25) is 0 Å². The lowest BCUT2D eigenvalue weighted by Gasteiger charge is -1.99. The fraction of sp³-hybridized carbons (Fsp3) is 0.727. The summed E-state index contributed by atoms with van der Waals surface area (Å²) in [5, 5.41) is 0.131. The molecule has 0 spiro atoms. The standard InChI is InChI=1S/C11H19OSi/c1-2-3-4-5-6-7-8-9-10-11(12)13/h2H,1,3-10H2. The van der Waals surface area contributed by atoms with E-state index >= 15 is 0 Å². The van der Waals surface area contributed by atoms with Crippen molar-refractivity contribution < 1.29 is 4.79 Å². The molecule has 0 unspecified atom stereocenters. The Kier molecular flexibility index (Phi) is 9.43. The Balaban J connectivity index is 2.91. The Labute approximate surface area is 85.0 Å². The number of unbranched alkanes of at least 4 members (excludes halogenated alkanes) is 6. The van der Waals surface area contributed by atoms with Crippen LogP contribution >= 0.6 is 0 Å². The Morgan fingerprint density at radius 1 is 1.08 bits per heavy atom. The van der Waals surface area contributed by atoms with E-state index < -0.39 is 0 Å². The molecule has 73 valence electrons. The van der Waals surface area contributed by atoms with Crippen LogP contribution in [0.1, 0.15) is 51.4 Å². The van der Waals surface area contributed by atoms with Gasteiger partial charge in [-0.05, 0) is 19.3 Å². The number of hydrogen-bond acceptors (Lipinski definition) is 1. The molecule has 0 aromatic rings. The summed E-state index contributed by atoms with van der Waals surface area (Å²) >= 11 is 0. The van der Waals surface area contributed by atoms with Crippen LogP contribution in [-0.4, -0.2) is 15.6 Å². The number of carbonyl (C=O) groups is 1. The number of rotatable bonds is 9. The molecule has 0 aliphatic rings. The van der Waals surface area contributed by atoms with Crippen molar-refractivity contribution in [3.8, 4) is 0 Å². The Morgan fingerprint density at radius 3 is 2.15 bits per heavy atom. The average molecular weight is 195 g/mol. The summed E-state index contributed by atoms with van der Waals surface area (Å²) in [6.45, 7) is 3.68. The fourth-order valence-corrected chi connectivity index (χ4v) is 1.46. The van der Waals surface area contributed by atoms with Crippen molar-refractivity contribution in [2.24, 2.45) is 0 Å². The van der Waals surface area contributed by atoms with E-state index in [1.165, 1.54) is 32.1 Å². The second-order valence-electron chi connectivity index (χ2n) is 3.37. The van der Waals surface area contributed by atoms with Crippen molar-refractivity contribution in [1.82, 2.24) is 0 Å². The van der Waals surface area contributed by atoms with Crippen LogP contribution in [0.3, 0.4) is 0 Å². The van der Waals surface area contributed by atoms with Crippen molar-refractivity contribution in [3.63, 3.8) is 0 Å². The molecule has 0 aliphatic carbocycles. The molecule has 0 amide bonds. The maximum atomic E-state index is 10.5. The van der Waals surface area contributed by atoms with Crippen molar-refractivity contribution in [3.05, 3.63) is 12.7 Å². The maximum absolute atomic E-state index is 10.5. The molecular formula is C11H19OSi. The molecule has 1 nitrogen and oxygen atoms in total. The Bertz CT molecular complexity index is 143. The molecule has 0 aliphatic heterocycles. The van der Waals surface area contributed by atoms with E-state index in [1.54, 1.807) is 0 Å². The Hall–Kier alpha value is -0.373. The van der Waals surface area contributed by atoms with Crippen LogP contribution in [0.25, 0.3) is 0 Å². The van der Waals surface area contributed by atoms with Crippen LogP contribution in [0.2, 0.25) is 0 Å². The van der Waals surface area contributed by atoms with Crippen LogP contribution in [-0.2, 0) is 4.79 Å². The molecule has 0 rings (SSSR count). The Morgan fingerprint density at radius 2 is 1.62 bits per heavy atom. The summed E-state index contributed by atoms with van der Waals surface area (Å²) < 4.78 is 0. The zero-order valence-electron chi connectivity index (χ0n) is 8.35. The van der Waals surface area contributed by atoms with E-state index in [2.05, 4.69) is 16.8 Å². The SMILES string of the molecule is C=CCCCCCCCCC(=O)[Si]. The summed E-state index contributed by atoms with van der Waals surface area (Å²) in [6, 6.07) is 0. The molecule has 0 heterocycles. The van der Waals surface area contributed by atoms with Crippen LogP contribution < -0.4 is 0 Å². The van der Waals surface area contributed by atoms with Crippen LogP contribution in [0.4, 0.5) is 0 Å². The first kappa shape index (κ1) is 12.6. The number of carbonyl (C=O) groups excluding carboxylic acids is 1. The maximum Gasteiger partial charge on any atom is 0.126 e. The van der Waals surface area contributed by atoms with E-state index in [4.69, 9.17) is 0 Å². The minimum atomic E-state index is 0.131. The molecule has 0 fully saturated rings. The smallest absolute Gasteiger partial charge is 0.126 e. The monoisotopic (exact) mass is 195 g/mol. The molecule has 2 heteroatoms. The first-order valence-corrected chi connectivity index (χ1v) is 5.62. The van der Waals surface area contributed by atoms with Gasteiger partial charge in [0.25, 0.3) is 0 Å². The van der Waals surface area contributed by atoms with Crippen LogP contribution in [0.5, 0.6) is 0 Å². The van der Waals surface area contributed by atoms with Gasteiger partial charge >= 0.3 is 0 Å². The second kappa shape index (κ2) is 9.71. The predicted octanol–water partition coefficient (Wildman–Crippen LogP) is 2.99. The van der Waals surface area contributed by atoms with E-state index in [-0.39, 0.29) is 5.41 Å². The number of hydrogen-bond donors (Lipinski definition) is 0. The highest BCUT2D eigenvalue weighted by Crippen LogP contribution is 2.08. The van der Waals surface area contributed by atoms with Gasteiger partial charge in [0.2, 0.25) is 0 Å². The van der Waals surface area contributed by atoms with E-state index in [0.717, 1.165) is 12.8 Å². The van der Waals surface area contributed by atoms with Gasteiger partial charge < -0.3 is 4.79 Å². The lowest BCUT2D eigenvalue weighted by molar-refractivity contribution is -0.111. The van der Waals surface area contributed by atoms with Crippen molar-refractivity contribution in [2.45, 2.75) is 51.4 Å². The summed E-state index contributed by atoms with van der Waals surface area (Å²) in [5.74, 6) is 0. The highest BCUT2D eigenvalue weighted by Gasteiger charge is 1.93. The molecule has 0 saturated carbocycles. The third-order valence-corrected chi connectivity index (χ3v) is 2.31. The quantitative estimate of drug-likeness (QED) is 0.314. The fourth-order valence-electron chi connectivity index (χ4n) is 1.28. The number of allylic oxidation sites excluding steroid dienone is 1. The molecule has 13 heavy (non-hydrogen) atoms. The van der Waals surface area contributed by atoms with Gasteiger partial charge in [0.15, 0.2) is 0 Å². The molecule has 3 radical (unpaired) electrons. The van der Waals surface area contributed by atoms with Crippen molar-refractivity contribution in [1.29, 1.82) is 0 Å². The molecule has 0 bridgehead atoms. The summed E-state index contributed by atoms with van der Waals surface area (Å²) in [7, 11) is 2.97. The second-order valence-corrected chi connectivity index (χ2v) is 3.93. The molecule has 0 aromatic carbocycles. The van der Waals surface area contributed by atoms with Gasteiger partial charge in [-0.2, -0.15) is 0 Å². The normalized spacial score (nSPS) is 9.92. The topological polar surface area (TPSA) is 17.1 Å². The molecular weight excluding hydrogens is 176 g/mol. The van der Waals surface area contributed by atoms with Crippen LogP contribution in [0.15, 0.2) is 12.7 Å². The predicted molar refractivity (Wildman–Crippen MR) is 57.9 cm³/mol. The van der Waals surface area contributed by atoms with Crippen molar-refractivity contribution in [2.75, 3.05) is 0 Å².